The fraction of sp³-hybridized carbons (Fsp3) is 0.381. The number of nitrogens with zero attached hydrogens (tertiary/aromatic N) is 4. The van der Waals surface area contributed by atoms with Crippen molar-refractivity contribution in [2.45, 2.75) is 12.7 Å². The molecule has 0 spiro atoms. The summed E-state index contributed by atoms with van der Waals surface area (Å²) in [4.78, 5) is 28.5. The van der Waals surface area contributed by atoms with E-state index in [1.807, 2.05) is 4.90 Å². The van der Waals surface area contributed by atoms with E-state index in [1.54, 1.807) is 41.1 Å². The maximum atomic E-state index is 13.2. The van der Waals surface area contributed by atoms with Gasteiger partial charge in [-0.05, 0) is 24.7 Å². The molecule has 0 radical (unpaired) electrons. The van der Waals surface area contributed by atoms with Gasteiger partial charge in [-0.1, -0.05) is 30.3 Å². The van der Waals surface area contributed by atoms with E-state index in [0.717, 1.165) is 6.07 Å². The summed E-state index contributed by atoms with van der Waals surface area (Å²) >= 11 is 0. The summed E-state index contributed by atoms with van der Waals surface area (Å²) in [7, 11) is 1.61. The number of para-hydroxylation sites is 2. The molecule has 166 valence electrons. The van der Waals surface area contributed by atoms with Crippen LogP contribution in [0.2, 0.25) is 0 Å². The lowest BCUT2D eigenvalue weighted by molar-refractivity contribution is -0.384. The van der Waals surface area contributed by atoms with E-state index in [-0.39, 0.29) is 30.2 Å². The molecule has 0 aromatic heterocycles. The Morgan fingerprint density at radius 1 is 1.06 bits per heavy atom. The summed E-state index contributed by atoms with van der Waals surface area (Å²) < 4.78 is 39.5. The number of nitro benzene ring substituents is 1. The summed E-state index contributed by atoms with van der Waals surface area (Å²) in [6, 6.07) is 11.8. The number of carbonyl (C=O) groups is 1. The van der Waals surface area contributed by atoms with Gasteiger partial charge in [0.15, 0.2) is 0 Å². The lowest BCUT2D eigenvalue weighted by Gasteiger charge is -2.36. The molecule has 7 nitrogen and oxygen atoms in total. The number of hydrogen-bond acceptors (Lipinski definition) is 5. The maximum absolute atomic E-state index is 13.2. The van der Waals surface area contributed by atoms with Crippen molar-refractivity contribution in [1.29, 1.82) is 0 Å². The highest BCUT2D eigenvalue weighted by Gasteiger charge is 2.33. The van der Waals surface area contributed by atoms with Gasteiger partial charge in [0.2, 0.25) is 5.91 Å². The average Bonchev–Trinajstić information content (AvgIpc) is 2.73. The molecule has 2 aromatic carbocycles. The highest BCUT2D eigenvalue weighted by Crippen LogP contribution is 2.32. The van der Waals surface area contributed by atoms with Crippen LogP contribution in [-0.2, 0) is 17.5 Å². The Morgan fingerprint density at radius 3 is 2.32 bits per heavy atom. The Balaban J connectivity index is 1.57. The van der Waals surface area contributed by atoms with Crippen molar-refractivity contribution >= 4 is 17.3 Å². The predicted molar refractivity (Wildman–Crippen MR) is 110 cm³/mol. The van der Waals surface area contributed by atoms with Crippen molar-refractivity contribution in [3.8, 4) is 0 Å². The van der Waals surface area contributed by atoms with Gasteiger partial charge in [-0.15, -0.1) is 0 Å². The van der Waals surface area contributed by atoms with Crippen molar-refractivity contribution < 1.29 is 22.9 Å². The maximum Gasteiger partial charge on any atom is 0.416 e. The molecule has 1 heterocycles. The Labute approximate surface area is 177 Å². The molecule has 1 aliphatic rings. The molecule has 0 aliphatic carbocycles. The largest absolute Gasteiger partial charge is 0.416 e. The molecule has 0 bridgehead atoms. The number of benzene rings is 2. The van der Waals surface area contributed by atoms with E-state index in [4.69, 9.17) is 0 Å². The van der Waals surface area contributed by atoms with Crippen molar-refractivity contribution in [2.75, 3.05) is 44.7 Å². The third kappa shape index (κ3) is 5.52. The van der Waals surface area contributed by atoms with Crippen molar-refractivity contribution in [2.24, 2.45) is 0 Å². The molecular formula is C21H23F3N4O3. The average molecular weight is 436 g/mol. The van der Waals surface area contributed by atoms with Crippen LogP contribution in [0.15, 0.2) is 48.5 Å². The topological polar surface area (TPSA) is 69.9 Å². The van der Waals surface area contributed by atoms with Gasteiger partial charge in [0.05, 0.1) is 17.0 Å². The van der Waals surface area contributed by atoms with Crippen LogP contribution >= 0.6 is 0 Å². The van der Waals surface area contributed by atoms with E-state index in [9.17, 15) is 28.1 Å². The molecule has 10 heteroatoms. The van der Waals surface area contributed by atoms with Gasteiger partial charge in [-0.3, -0.25) is 19.8 Å². The van der Waals surface area contributed by atoms with Crippen LogP contribution in [0.1, 0.15) is 11.1 Å². The quantitative estimate of drug-likeness (QED) is 0.513. The zero-order chi connectivity index (χ0) is 22.6. The van der Waals surface area contributed by atoms with Gasteiger partial charge in [-0.25, -0.2) is 0 Å². The van der Waals surface area contributed by atoms with Crippen LogP contribution in [-0.4, -0.2) is 60.4 Å². The molecule has 1 fully saturated rings. The number of alkyl halides is 3. The number of rotatable bonds is 6. The summed E-state index contributed by atoms with van der Waals surface area (Å²) in [5.74, 6) is -0.186. The van der Waals surface area contributed by atoms with Crippen LogP contribution < -0.4 is 4.90 Å². The van der Waals surface area contributed by atoms with Gasteiger partial charge >= 0.3 is 6.18 Å². The van der Waals surface area contributed by atoms with Gasteiger partial charge in [-0.2, -0.15) is 13.2 Å². The Hall–Kier alpha value is -3.14. The van der Waals surface area contributed by atoms with Crippen LogP contribution in [0, 0.1) is 10.1 Å². The summed E-state index contributed by atoms with van der Waals surface area (Å²) in [5.41, 5.74) is -0.0512. The molecular weight excluding hydrogens is 413 g/mol. The Kier molecular flexibility index (Phi) is 6.79. The first-order valence-electron chi connectivity index (χ1n) is 9.76. The normalized spacial score (nSPS) is 14.7. The molecule has 3 rings (SSSR count). The van der Waals surface area contributed by atoms with Crippen molar-refractivity contribution in [3.05, 3.63) is 69.8 Å². The van der Waals surface area contributed by atoms with Gasteiger partial charge in [0, 0.05) is 38.8 Å². The number of halogens is 3. The zero-order valence-corrected chi connectivity index (χ0v) is 17.0. The van der Waals surface area contributed by atoms with E-state index in [2.05, 4.69) is 0 Å². The lowest BCUT2D eigenvalue weighted by atomic mass is 10.1. The fourth-order valence-electron chi connectivity index (χ4n) is 3.70. The lowest BCUT2D eigenvalue weighted by Crippen LogP contribution is -2.51. The monoisotopic (exact) mass is 436 g/mol. The SMILES string of the molecule is CN(CC(=O)N1CCN(c2ccccc2[N+](=O)[O-])CC1)Cc1ccccc1C(F)(F)F. The predicted octanol–water partition coefficient (Wildman–Crippen LogP) is 3.39. The van der Waals surface area contributed by atoms with Crippen molar-refractivity contribution in [3.63, 3.8) is 0 Å². The molecule has 0 N–H and O–H groups in total. The smallest absolute Gasteiger partial charge is 0.362 e. The summed E-state index contributed by atoms with van der Waals surface area (Å²) in [6.45, 7) is 1.64. The second-order valence-corrected chi connectivity index (χ2v) is 7.44. The van der Waals surface area contributed by atoms with Gasteiger partial charge in [0.1, 0.15) is 5.69 Å². The second kappa shape index (κ2) is 9.34. The first kappa shape index (κ1) is 22.5. The van der Waals surface area contributed by atoms with E-state index in [1.165, 1.54) is 18.2 Å². The number of piperazine rings is 1. The van der Waals surface area contributed by atoms with E-state index < -0.39 is 16.7 Å². The third-order valence-corrected chi connectivity index (χ3v) is 5.22. The molecule has 1 aliphatic heterocycles. The number of anilines is 1. The minimum atomic E-state index is -4.45. The molecule has 0 saturated carbocycles. The fourth-order valence-corrected chi connectivity index (χ4v) is 3.70. The molecule has 2 aromatic rings. The van der Waals surface area contributed by atoms with E-state index >= 15 is 0 Å². The minimum absolute atomic E-state index is 0.00238. The zero-order valence-electron chi connectivity index (χ0n) is 17.0. The van der Waals surface area contributed by atoms with Crippen LogP contribution in [0.4, 0.5) is 24.5 Å². The molecule has 31 heavy (non-hydrogen) atoms. The van der Waals surface area contributed by atoms with Crippen molar-refractivity contribution in [1.82, 2.24) is 9.80 Å². The third-order valence-electron chi connectivity index (χ3n) is 5.22. The number of hydrogen-bond donors (Lipinski definition) is 0. The van der Waals surface area contributed by atoms with Gasteiger partial charge < -0.3 is 9.80 Å². The van der Waals surface area contributed by atoms with E-state index in [0.29, 0.717) is 31.9 Å². The second-order valence-electron chi connectivity index (χ2n) is 7.44. The van der Waals surface area contributed by atoms with Crippen LogP contribution in [0.5, 0.6) is 0 Å². The number of amides is 1. The first-order valence-corrected chi connectivity index (χ1v) is 9.76. The molecule has 1 saturated heterocycles. The summed E-state index contributed by atoms with van der Waals surface area (Å²) in [5, 5.41) is 11.2. The minimum Gasteiger partial charge on any atom is -0.362 e. The standard InChI is InChI=1S/C21H23F3N4O3/c1-25(14-16-6-2-3-7-17(16)21(22,23)24)15-20(29)27-12-10-26(11-13-27)18-8-4-5-9-19(18)28(30)31/h2-9H,10-15H2,1H3. The highest BCUT2D eigenvalue weighted by atomic mass is 19.4. The Morgan fingerprint density at radius 2 is 1.68 bits per heavy atom. The first-order chi connectivity index (χ1) is 14.7. The Bertz CT molecular complexity index is 943. The summed E-state index contributed by atoms with van der Waals surface area (Å²) in [6.07, 6.45) is -4.45. The number of likely N-dealkylation sites (N-methyl/N-ethyl adjacent to an activating group) is 1. The molecule has 0 atom stereocenters. The van der Waals surface area contributed by atoms with Crippen LogP contribution in [0.25, 0.3) is 0 Å². The highest BCUT2D eigenvalue weighted by molar-refractivity contribution is 5.78. The van der Waals surface area contributed by atoms with Gasteiger partial charge in [0.25, 0.3) is 5.69 Å². The molecule has 0 unspecified atom stereocenters. The molecule has 1 amide bonds. The number of nitro groups is 1. The van der Waals surface area contributed by atoms with Crippen LogP contribution in [0.3, 0.4) is 0 Å². The number of carbonyl (C=O) groups excluding carboxylic acids is 1.